The number of nitrogens with two attached hydrogens (primary N) is 1. The van der Waals surface area contributed by atoms with E-state index in [4.69, 9.17) is 15.4 Å². The van der Waals surface area contributed by atoms with Crippen molar-refractivity contribution in [2.75, 3.05) is 5.73 Å². The van der Waals surface area contributed by atoms with Gasteiger partial charge in [-0.05, 0) is 28.9 Å². The molecule has 86 valence electrons. The number of anilines is 1. The molecule has 0 spiro atoms. The smallest absolute Gasteiger partial charge is 0.377 e. The van der Waals surface area contributed by atoms with Gasteiger partial charge in [0.25, 0.3) is 11.7 Å². The second-order valence-corrected chi connectivity index (χ2v) is 3.26. The molecule has 0 bridgehead atoms. The molecule has 0 amide bonds. The van der Waals surface area contributed by atoms with Gasteiger partial charge < -0.3 is 15.4 Å². The summed E-state index contributed by atoms with van der Waals surface area (Å²) in [5.41, 5.74) is 7.11. The Balaban J connectivity index is 2.14. The maximum absolute atomic E-state index is 10.5. The van der Waals surface area contributed by atoms with Crippen LogP contribution in [0.1, 0.15) is 22.1 Å². The molecule has 0 saturated carbocycles. The molecule has 0 radical (unpaired) electrons. The van der Waals surface area contributed by atoms with Crippen molar-refractivity contribution >= 4 is 23.8 Å². The van der Waals surface area contributed by atoms with Gasteiger partial charge in [0.15, 0.2) is 0 Å². The van der Waals surface area contributed by atoms with Gasteiger partial charge >= 0.3 is 5.97 Å². The molecule has 2 rings (SSSR count). The Labute approximate surface area is 96.4 Å². The van der Waals surface area contributed by atoms with E-state index in [1.165, 1.54) is 6.08 Å². The fourth-order valence-corrected chi connectivity index (χ4v) is 1.16. The number of carbonyl (C=O) groups is 1. The van der Waals surface area contributed by atoms with Crippen molar-refractivity contribution in [3.8, 4) is 0 Å². The number of aromatic carboxylic acids is 1. The molecule has 0 aliphatic carbocycles. The van der Waals surface area contributed by atoms with Crippen LogP contribution in [0.15, 0.2) is 28.8 Å². The summed E-state index contributed by atoms with van der Waals surface area (Å²) < 4.78 is 4.72. The number of benzene rings is 1. The number of rotatable bonds is 3. The van der Waals surface area contributed by atoms with Crippen LogP contribution in [0.3, 0.4) is 0 Å². The van der Waals surface area contributed by atoms with Crippen LogP contribution in [0.25, 0.3) is 12.2 Å². The fraction of sp³-hybridized carbons (Fsp3) is 0. The van der Waals surface area contributed by atoms with Gasteiger partial charge in [-0.15, -0.1) is 0 Å². The lowest BCUT2D eigenvalue weighted by Crippen LogP contribution is -1.98. The second kappa shape index (κ2) is 4.48. The van der Waals surface area contributed by atoms with Crippen molar-refractivity contribution in [3.63, 3.8) is 0 Å². The second-order valence-electron chi connectivity index (χ2n) is 3.26. The van der Waals surface area contributed by atoms with Gasteiger partial charge in [-0.25, -0.2) is 4.79 Å². The fourth-order valence-electron chi connectivity index (χ4n) is 1.16. The molecule has 0 unspecified atom stereocenters. The summed E-state index contributed by atoms with van der Waals surface area (Å²) in [6.45, 7) is 0. The van der Waals surface area contributed by atoms with Gasteiger partial charge in [-0.3, -0.25) is 0 Å². The number of hydrogen-bond acceptors (Lipinski definition) is 5. The van der Waals surface area contributed by atoms with Crippen LogP contribution in [0.2, 0.25) is 0 Å². The molecule has 0 aliphatic heterocycles. The molecule has 1 aromatic carbocycles. The highest BCUT2D eigenvalue weighted by atomic mass is 16.5. The summed E-state index contributed by atoms with van der Waals surface area (Å²) in [6.07, 6.45) is 3.25. The number of carboxylic acids is 1. The topological polar surface area (TPSA) is 102 Å². The molecule has 1 heterocycles. The minimum Gasteiger partial charge on any atom is -0.475 e. The molecule has 2 aromatic rings. The van der Waals surface area contributed by atoms with E-state index in [1.807, 2.05) is 12.1 Å². The SMILES string of the molecule is Nc1ccc(/C=C/c2nc(C(=O)O)no2)cc1. The van der Waals surface area contributed by atoms with Crippen molar-refractivity contribution in [2.24, 2.45) is 0 Å². The highest BCUT2D eigenvalue weighted by Gasteiger charge is 2.10. The summed E-state index contributed by atoms with van der Waals surface area (Å²) in [6, 6.07) is 7.16. The highest BCUT2D eigenvalue weighted by Crippen LogP contribution is 2.09. The van der Waals surface area contributed by atoms with Crippen LogP contribution >= 0.6 is 0 Å². The summed E-state index contributed by atoms with van der Waals surface area (Å²) in [7, 11) is 0. The van der Waals surface area contributed by atoms with Crippen LogP contribution in [-0.2, 0) is 0 Å². The maximum atomic E-state index is 10.5. The number of aromatic nitrogens is 2. The number of hydrogen-bond donors (Lipinski definition) is 2. The van der Waals surface area contributed by atoms with E-state index in [2.05, 4.69) is 10.1 Å². The van der Waals surface area contributed by atoms with Gasteiger partial charge in [-0.1, -0.05) is 12.1 Å². The quantitative estimate of drug-likeness (QED) is 0.776. The van der Waals surface area contributed by atoms with Gasteiger partial charge in [0, 0.05) is 11.8 Å². The lowest BCUT2D eigenvalue weighted by Gasteiger charge is -1.93. The standard InChI is InChI=1S/C11H9N3O3/c12-8-4-1-7(2-5-8)3-6-9-13-10(11(15)16)14-17-9/h1-6H,12H2,(H,15,16)/b6-3+. The van der Waals surface area contributed by atoms with E-state index in [1.54, 1.807) is 18.2 Å². The lowest BCUT2D eigenvalue weighted by atomic mass is 10.2. The molecule has 0 atom stereocenters. The molecule has 6 nitrogen and oxygen atoms in total. The van der Waals surface area contributed by atoms with Crippen LogP contribution in [0.5, 0.6) is 0 Å². The molecule has 0 saturated heterocycles. The third-order valence-electron chi connectivity index (χ3n) is 1.99. The Hall–Kier alpha value is -2.63. The summed E-state index contributed by atoms with van der Waals surface area (Å²) in [5, 5.41) is 11.9. The van der Waals surface area contributed by atoms with Crippen LogP contribution in [0, 0.1) is 0 Å². The highest BCUT2D eigenvalue weighted by molar-refractivity contribution is 5.83. The van der Waals surface area contributed by atoms with Crippen LogP contribution in [0.4, 0.5) is 5.69 Å². The Morgan fingerprint density at radius 3 is 2.59 bits per heavy atom. The Morgan fingerprint density at radius 2 is 2.00 bits per heavy atom. The van der Waals surface area contributed by atoms with E-state index in [-0.39, 0.29) is 11.7 Å². The molecule has 6 heteroatoms. The van der Waals surface area contributed by atoms with Crippen molar-refractivity contribution in [1.82, 2.24) is 10.1 Å². The molecular weight excluding hydrogens is 222 g/mol. The van der Waals surface area contributed by atoms with E-state index >= 15 is 0 Å². The first-order valence-electron chi connectivity index (χ1n) is 4.76. The zero-order valence-electron chi connectivity index (χ0n) is 8.70. The van der Waals surface area contributed by atoms with Crippen LogP contribution < -0.4 is 5.73 Å². The number of nitrogens with zero attached hydrogens (tertiary/aromatic N) is 2. The summed E-state index contributed by atoms with van der Waals surface area (Å²) in [5.74, 6) is -1.44. The first-order chi connectivity index (χ1) is 8.15. The van der Waals surface area contributed by atoms with E-state index in [0.29, 0.717) is 5.69 Å². The van der Waals surface area contributed by atoms with E-state index in [0.717, 1.165) is 5.56 Å². The Kier molecular flexibility index (Phi) is 2.87. The molecular formula is C11H9N3O3. The largest absolute Gasteiger partial charge is 0.475 e. The third kappa shape index (κ3) is 2.69. The van der Waals surface area contributed by atoms with Crippen molar-refractivity contribution in [2.45, 2.75) is 0 Å². The zero-order chi connectivity index (χ0) is 12.3. The van der Waals surface area contributed by atoms with Crippen LogP contribution in [-0.4, -0.2) is 21.2 Å². The first kappa shape index (κ1) is 10.9. The molecule has 1 aromatic heterocycles. The number of carboxylic acid groups (broad SMARTS) is 1. The third-order valence-corrected chi connectivity index (χ3v) is 1.99. The molecule has 17 heavy (non-hydrogen) atoms. The maximum Gasteiger partial charge on any atom is 0.377 e. The van der Waals surface area contributed by atoms with E-state index in [9.17, 15) is 4.79 Å². The Morgan fingerprint density at radius 1 is 1.29 bits per heavy atom. The predicted molar refractivity (Wildman–Crippen MR) is 61.0 cm³/mol. The van der Waals surface area contributed by atoms with Gasteiger partial charge in [0.05, 0.1) is 0 Å². The minimum absolute atomic E-state index is 0.138. The van der Waals surface area contributed by atoms with Crippen molar-refractivity contribution in [1.29, 1.82) is 0 Å². The minimum atomic E-state index is -1.22. The number of nitrogen functional groups attached to an aromatic ring is 1. The van der Waals surface area contributed by atoms with Gasteiger partial charge in [-0.2, -0.15) is 4.98 Å². The monoisotopic (exact) mass is 231 g/mol. The van der Waals surface area contributed by atoms with E-state index < -0.39 is 5.97 Å². The van der Waals surface area contributed by atoms with Gasteiger partial charge in [0.2, 0.25) is 0 Å². The molecule has 3 N–H and O–H groups in total. The van der Waals surface area contributed by atoms with Crippen molar-refractivity contribution < 1.29 is 14.4 Å². The van der Waals surface area contributed by atoms with Gasteiger partial charge in [0.1, 0.15) is 0 Å². The molecule has 0 fully saturated rings. The first-order valence-corrected chi connectivity index (χ1v) is 4.76. The predicted octanol–water partition coefficient (Wildman–Crippen LogP) is 1.52. The summed E-state index contributed by atoms with van der Waals surface area (Å²) >= 11 is 0. The lowest BCUT2D eigenvalue weighted by molar-refractivity contribution is 0.0680. The zero-order valence-corrected chi connectivity index (χ0v) is 8.70. The van der Waals surface area contributed by atoms with Crippen molar-refractivity contribution in [3.05, 3.63) is 41.5 Å². The molecule has 0 aliphatic rings. The average molecular weight is 231 g/mol. The normalized spacial score (nSPS) is 10.8. The summed E-state index contributed by atoms with van der Waals surface area (Å²) in [4.78, 5) is 14.2. The Bertz CT molecular complexity index is 558. The average Bonchev–Trinajstić information content (AvgIpc) is 2.77.